The van der Waals surface area contributed by atoms with Crippen molar-refractivity contribution >= 4 is 23.1 Å². The Morgan fingerprint density at radius 2 is 1.68 bits per heavy atom. The molecule has 3 rings (SSSR count). The number of nitrogens with zero attached hydrogens (tertiary/aromatic N) is 2. The fourth-order valence-electron chi connectivity index (χ4n) is 2.96. The van der Waals surface area contributed by atoms with E-state index in [2.05, 4.69) is 9.80 Å². The fraction of sp³-hybridized carbons (Fsp3) is 0.250. The van der Waals surface area contributed by atoms with Crippen molar-refractivity contribution in [1.29, 1.82) is 0 Å². The molecule has 0 aliphatic carbocycles. The summed E-state index contributed by atoms with van der Waals surface area (Å²) in [6.07, 6.45) is 1.90. The lowest BCUT2D eigenvalue weighted by Gasteiger charge is -2.36. The van der Waals surface area contributed by atoms with Crippen LogP contribution in [0.25, 0.3) is 0 Å². The van der Waals surface area contributed by atoms with Gasteiger partial charge in [-0.3, -0.25) is 4.79 Å². The van der Waals surface area contributed by atoms with Crippen LogP contribution in [0.2, 0.25) is 5.02 Å². The number of hydrogen-bond donors (Lipinski definition) is 0. The van der Waals surface area contributed by atoms with Crippen molar-refractivity contribution in [1.82, 2.24) is 4.90 Å². The molecule has 1 aliphatic heterocycles. The lowest BCUT2D eigenvalue weighted by Crippen LogP contribution is -2.44. The molecule has 130 valence electrons. The van der Waals surface area contributed by atoms with Gasteiger partial charge in [-0.25, -0.2) is 4.39 Å². The zero-order chi connectivity index (χ0) is 17.8. The van der Waals surface area contributed by atoms with Crippen molar-refractivity contribution in [3.05, 3.63) is 76.7 Å². The number of hydrogen-bond acceptors (Lipinski definition) is 3. The Hall–Kier alpha value is -2.33. The van der Waals surface area contributed by atoms with E-state index < -0.39 is 0 Å². The molecule has 1 fully saturated rings. The van der Waals surface area contributed by atoms with E-state index in [9.17, 15) is 9.18 Å². The van der Waals surface area contributed by atoms with E-state index in [1.807, 2.05) is 30.5 Å². The summed E-state index contributed by atoms with van der Waals surface area (Å²) in [7, 11) is 0. The largest absolute Gasteiger partial charge is 0.373 e. The Labute approximate surface area is 152 Å². The minimum absolute atomic E-state index is 0.0754. The predicted molar refractivity (Wildman–Crippen MR) is 99.7 cm³/mol. The van der Waals surface area contributed by atoms with Gasteiger partial charge >= 0.3 is 0 Å². The van der Waals surface area contributed by atoms with E-state index in [4.69, 9.17) is 11.6 Å². The number of carbonyl (C=O) groups excluding carboxylic acids is 1. The summed E-state index contributed by atoms with van der Waals surface area (Å²) in [5.41, 5.74) is 2.20. The van der Waals surface area contributed by atoms with Crippen molar-refractivity contribution in [2.24, 2.45) is 0 Å². The van der Waals surface area contributed by atoms with Crippen LogP contribution in [0.4, 0.5) is 10.1 Å². The molecular weight excluding hydrogens is 339 g/mol. The molecule has 0 spiro atoms. The molecule has 0 saturated carbocycles. The zero-order valence-electron chi connectivity index (χ0n) is 14.1. The first-order valence-corrected chi connectivity index (χ1v) is 8.64. The average Bonchev–Trinajstić information content (AvgIpc) is 2.63. The van der Waals surface area contributed by atoms with Crippen molar-refractivity contribution < 1.29 is 9.18 Å². The molecule has 2 aromatic carbocycles. The summed E-state index contributed by atoms with van der Waals surface area (Å²) < 4.78 is 13.0. The number of carbonyl (C=O) groups is 1. The van der Waals surface area contributed by atoms with Crippen LogP contribution < -0.4 is 4.90 Å². The normalized spacial score (nSPS) is 15.4. The van der Waals surface area contributed by atoms with Crippen LogP contribution in [-0.2, 0) is 0 Å². The van der Waals surface area contributed by atoms with E-state index >= 15 is 0 Å². The van der Waals surface area contributed by atoms with Crippen LogP contribution >= 0.6 is 11.6 Å². The van der Waals surface area contributed by atoms with E-state index in [0.717, 1.165) is 36.9 Å². The number of benzene rings is 2. The first kappa shape index (κ1) is 17.5. The molecule has 0 amide bonds. The summed E-state index contributed by atoms with van der Waals surface area (Å²) in [4.78, 5) is 16.8. The lowest BCUT2D eigenvalue weighted by molar-refractivity contribution is 0.103. The molecule has 5 heteroatoms. The molecule has 3 nitrogen and oxygen atoms in total. The van der Waals surface area contributed by atoms with E-state index in [0.29, 0.717) is 11.1 Å². The minimum Gasteiger partial charge on any atom is -0.373 e. The highest BCUT2D eigenvalue weighted by Crippen LogP contribution is 2.26. The number of piperazine rings is 1. The van der Waals surface area contributed by atoms with Crippen molar-refractivity contribution in [2.75, 3.05) is 31.1 Å². The highest BCUT2D eigenvalue weighted by molar-refractivity contribution is 6.33. The maximum Gasteiger partial charge on any atom is 0.190 e. The Bertz CT molecular complexity index is 781. The Kier molecular flexibility index (Phi) is 5.39. The number of Topliss-reactive ketones (excluding diaryl/α,β-unsaturated/α-hetero) is 1. The van der Waals surface area contributed by atoms with Gasteiger partial charge in [0.1, 0.15) is 5.82 Å². The SMILES string of the molecule is C/C(=C\N1CCN(c2ccccc2Cl)CC1)C(=O)c1ccc(F)cc1. The summed E-state index contributed by atoms with van der Waals surface area (Å²) in [5, 5.41) is 0.758. The van der Waals surface area contributed by atoms with E-state index in [-0.39, 0.29) is 11.6 Å². The first-order chi connectivity index (χ1) is 12.0. The number of ketones is 1. The third kappa shape index (κ3) is 4.20. The highest BCUT2D eigenvalue weighted by atomic mass is 35.5. The van der Waals surface area contributed by atoms with Gasteiger partial charge in [-0.05, 0) is 43.3 Å². The smallest absolute Gasteiger partial charge is 0.190 e. The molecule has 0 aromatic heterocycles. The second-order valence-corrected chi connectivity index (χ2v) is 6.53. The first-order valence-electron chi connectivity index (χ1n) is 8.27. The van der Waals surface area contributed by atoms with Gasteiger partial charge < -0.3 is 9.80 Å². The molecule has 0 atom stereocenters. The Balaban J connectivity index is 1.62. The third-order valence-electron chi connectivity index (χ3n) is 4.35. The van der Waals surface area contributed by atoms with Crippen molar-refractivity contribution in [3.63, 3.8) is 0 Å². The van der Waals surface area contributed by atoms with Gasteiger partial charge in [0.2, 0.25) is 0 Å². The molecule has 2 aromatic rings. The standard InChI is InChI=1S/C20H20ClFN2O/c1-15(20(25)16-6-8-17(22)9-7-16)14-23-10-12-24(13-11-23)19-5-3-2-4-18(19)21/h2-9,14H,10-13H2,1H3/b15-14+. The second kappa shape index (κ2) is 7.70. The van der Waals surface area contributed by atoms with Gasteiger partial charge in [0.15, 0.2) is 5.78 Å². The van der Waals surface area contributed by atoms with E-state index in [1.165, 1.54) is 24.3 Å². The van der Waals surface area contributed by atoms with Gasteiger partial charge in [-0.2, -0.15) is 0 Å². The van der Waals surface area contributed by atoms with Gasteiger partial charge in [0, 0.05) is 43.5 Å². The summed E-state index contributed by atoms with van der Waals surface area (Å²) in [5.74, 6) is -0.414. The maximum absolute atomic E-state index is 13.0. The van der Waals surface area contributed by atoms with Gasteiger partial charge in [0.25, 0.3) is 0 Å². The van der Waals surface area contributed by atoms with Crippen LogP contribution in [0.3, 0.4) is 0 Å². The van der Waals surface area contributed by atoms with Gasteiger partial charge in [-0.15, -0.1) is 0 Å². The summed E-state index contributed by atoms with van der Waals surface area (Å²) in [6, 6.07) is 13.5. The lowest BCUT2D eigenvalue weighted by atomic mass is 10.1. The topological polar surface area (TPSA) is 23.6 Å². The molecule has 1 aliphatic rings. The van der Waals surface area contributed by atoms with Crippen molar-refractivity contribution in [2.45, 2.75) is 6.92 Å². The van der Waals surface area contributed by atoms with Crippen LogP contribution in [0.15, 0.2) is 60.3 Å². The molecular formula is C20H20ClFN2O. The summed E-state index contributed by atoms with van der Waals surface area (Å²) in [6.45, 7) is 5.13. The second-order valence-electron chi connectivity index (χ2n) is 6.12. The molecule has 25 heavy (non-hydrogen) atoms. The number of anilines is 1. The van der Waals surface area contributed by atoms with Crippen LogP contribution in [0, 0.1) is 5.82 Å². The molecule has 0 unspecified atom stereocenters. The van der Waals surface area contributed by atoms with Crippen LogP contribution in [0.1, 0.15) is 17.3 Å². The quantitative estimate of drug-likeness (QED) is 0.598. The average molecular weight is 359 g/mol. The predicted octanol–water partition coefficient (Wildman–Crippen LogP) is 4.39. The maximum atomic E-state index is 13.0. The third-order valence-corrected chi connectivity index (χ3v) is 4.67. The molecule has 1 saturated heterocycles. The Morgan fingerprint density at radius 3 is 2.32 bits per heavy atom. The van der Waals surface area contributed by atoms with Crippen molar-refractivity contribution in [3.8, 4) is 0 Å². The highest BCUT2D eigenvalue weighted by Gasteiger charge is 2.18. The molecule has 0 radical (unpaired) electrons. The zero-order valence-corrected chi connectivity index (χ0v) is 14.8. The van der Waals surface area contributed by atoms with E-state index in [1.54, 1.807) is 6.92 Å². The van der Waals surface area contributed by atoms with Crippen LogP contribution in [0.5, 0.6) is 0 Å². The number of para-hydroxylation sites is 1. The number of allylic oxidation sites excluding steroid dienone is 1. The van der Waals surface area contributed by atoms with Gasteiger partial charge in [0.05, 0.1) is 10.7 Å². The summed E-state index contributed by atoms with van der Waals surface area (Å²) >= 11 is 6.26. The number of halogens is 2. The molecule has 0 bridgehead atoms. The fourth-order valence-corrected chi connectivity index (χ4v) is 3.22. The molecule has 1 heterocycles. The number of rotatable bonds is 4. The molecule has 0 N–H and O–H groups in total. The minimum atomic E-state index is -0.339. The Morgan fingerprint density at radius 1 is 1.04 bits per heavy atom. The van der Waals surface area contributed by atoms with Gasteiger partial charge in [-0.1, -0.05) is 23.7 Å². The monoisotopic (exact) mass is 358 g/mol. The van der Waals surface area contributed by atoms with Crippen LogP contribution in [-0.4, -0.2) is 36.9 Å².